The molecule has 0 spiro atoms. The Hall–Kier alpha value is -3.72. The molecule has 2 aromatic heterocycles. The first-order chi connectivity index (χ1) is 13.8. The maximum atomic E-state index is 9.14. The lowest BCUT2D eigenvalue weighted by Crippen LogP contribution is -2.15. The van der Waals surface area contributed by atoms with E-state index in [0.29, 0.717) is 11.4 Å². The Morgan fingerprint density at radius 1 is 1.14 bits per heavy atom. The lowest BCUT2D eigenvalue weighted by molar-refractivity contribution is 0.183. The van der Waals surface area contributed by atoms with Gasteiger partial charge in [0.2, 0.25) is 0 Å². The molecule has 1 atom stereocenters. The second-order valence-corrected chi connectivity index (χ2v) is 6.87. The van der Waals surface area contributed by atoms with Gasteiger partial charge in [0.05, 0.1) is 23.3 Å². The van der Waals surface area contributed by atoms with Crippen LogP contribution in [0.3, 0.4) is 0 Å². The lowest BCUT2D eigenvalue weighted by atomic mass is 9.88. The van der Waals surface area contributed by atoms with Crippen molar-refractivity contribution in [2.75, 3.05) is 0 Å². The topological polar surface area (TPSA) is 76.6 Å². The van der Waals surface area contributed by atoms with Crippen molar-refractivity contribution < 1.29 is 4.74 Å². The van der Waals surface area contributed by atoms with Gasteiger partial charge in [-0.15, -0.1) is 0 Å². The highest BCUT2D eigenvalue weighted by molar-refractivity contribution is 5.81. The number of hydrogen-bond donors (Lipinski definition) is 0. The summed E-state index contributed by atoms with van der Waals surface area (Å²) in [6, 6.07) is 15.9. The van der Waals surface area contributed by atoms with Gasteiger partial charge in [0.25, 0.3) is 0 Å². The zero-order valence-corrected chi connectivity index (χ0v) is 15.1. The maximum absolute atomic E-state index is 9.14. The molecule has 1 aliphatic carbocycles. The molecule has 0 bridgehead atoms. The molecule has 5 rings (SSSR count). The lowest BCUT2D eigenvalue weighted by Gasteiger charge is -2.26. The first kappa shape index (κ1) is 16.5. The molecule has 6 nitrogen and oxygen atoms in total. The fourth-order valence-electron chi connectivity index (χ4n) is 3.79. The van der Waals surface area contributed by atoms with Crippen molar-refractivity contribution in [1.82, 2.24) is 19.7 Å². The molecule has 2 aromatic carbocycles. The molecule has 0 N–H and O–H groups in total. The molecule has 2 heterocycles. The fourth-order valence-corrected chi connectivity index (χ4v) is 3.79. The van der Waals surface area contributed by atoms with Crippen LogP contribution in [-0.2, 0) is 6.42 Å². The third-order valence-corrected chi connectivity index (χ3v) is 5.14. The molecule has 0 aliphatic heterocycles. The van der Waals surface area contributed by atoms with E-state index in [1.807, 2.05) is 48.7 Å². The van der Waals surface area contributed by atoms with E-state index in [9.17, 15) is 0 Å². The average molecular weight is 367 g/mol. The number of fused-ring (bicyclic) bond motifs is 2. The highest BCUT2D eigenvalue weighted by Crippen LogP contribution is 2.35. The molecule has 1 aliphatic rings. The normalized spacial score (nSPS) is 15.8. The van der Waals surface area contributed by atoms with E-state index in [1.165, 1.54) is 17.5 Å². The Kier molecular flexibility index (Phi) is 3.99. The molecule has 1 unspecified atom stereocenters. The van der Waals surface area contributed by atoms with Crippen molar-refractivity contribution in [3.63, 3.8) is 0 Å². The molecule has 0 saturated heterocycles. The molecular formula is C22H17N5O. The van der Waals surface area contributed by atoms with E-state index < -0.39 is 0 Å². The molecule has 0 fully saturated rings. The Balaban J connectivity index is 1.49. The minimum atomic E-state index is -0.00985. The molecular weight excluding hydrogens is 350 g/mol. The van der Waals surface area contributed by atoms with Crippen molar-refractivity contribution >= 4 is 10.9 Å². The fraction of sp³-hybridized carbons (Fsp3) is 0.182. The van der Waals surface area contributed by atoms with Crippen molar-refractivity contribution in [2.24, 2.45) is 0 Å². The van der Waals surface area contributed by atoms with Crippen molar-refractivity contribution in [2.45, 2.75) is 25.4 Å². The average Bonchev–Trinajstić information content (AvgIpc) is 3.17. The van der Waals surface area contributed by atoms with E-state index in [1.54, 1.807) is 10.9 Å². The second kappa shape index (κ2) is 6.78. The van der Waals surface area contributed by atoms with E-state index in [4.69, 9.17) is 10.00 Å². The van der Waals surface area contributed by atoms with Crippen LogP contribution in [0.5, 0.6) is 5.75 Å². The standard InChI is InChI=1S/C22H17N5O/c23-12-15-4-7-19-16(10-15)2-1-3-21(19)28-18-6-5-17-13-26-27(20(17)11-18)22-8-9-24-14-25-22/h4-11,13-14,21H,1-3H2. The van der Waals surface area contributed by atoms with Crippen molar-refractivity contribution in [1.29, 1.82) is 5.26 Å². The van der Waals surface area contributed by atoms with Crippen LogP contribution in [0.2, 0.25) is 0 Å². The van der Waals surface area contributed by atoms with Crippen LogP contribution >= 0.6 is 0 Å². The van der Waals surface area contributed by atoms with Gasteiger partial charge in [-0.05, 0) is 54.7 Å². The van der Waals surface area contributed by atoms with Crippen LogP contribution in [0.25, 0.3) is 16.7 Å². The predicted molar refractivity (Wildman–Crippen MR) is 104 cm³/mol. The second-order valence-electron chi connectivity index (χ2n) is 6.87. The van der Waals surface area contributed by atoms with Crippen molar-refractivity contribution in [3.8, 4) is 17.6 Å². The Labute approximate surface area is 162 Å². The van der Waals surface area contributed by atoms with Gasteiger partial charge in [-0.1, -0.05) is 6.07 Å². The Morgan fingerprint density at radius 2 is 2.11 bits per heavy atom. The van der Waals surface area contributed by atoms with Gasteiger partial charge in [-0.2, -0.15) is 10.4 Å². The quantitative estimate of drug-likeness (QED) is 0.544. The predicted octanol–water partition coefficient (Wildman–Crippen LogP) is 4.14. The summed E-state index contributed by atoms with van der Waals surface area (Å²) in [4.78, 5) is 8.25. The van der Waals surface area contributed by atoms with Gasteiger partial charge < -0.3 is 4.74 Å². The SMILES string of the molecule is N#Cc1ccc2c(c1)CCCC2Oc1ccc2cnn(-c3ccncn3)c2c1. The highest BCUT2D eigenvalue weighted by Gasteiger charge is 2.22. The minimum absolute atomic E-state index is 0.00985. The van der Waals surface area contributed by atoms with Gasteiger partial charge in [0, 0.05) is 23.7 Å². The first-order valence-electron chi connectivity index (χ1n) is 9.25. The van der Waals surface area contributed by atoms with E-state index >= 15 is 0 Å². The smallest absolute Gasteiger partial charge is 0.157 e. The van der Waals surface area contributed by atoms with E-state index in [0.717, 1.165) is 35.9 Å². The van der Waals surface area contributed by atoms with Gasteiger partial charge in [-0.25, -0.2) is 14.6 Å². The minimum Gasteiger partial charge on any atom is -0.486 e. The molecule has 4 aromatic rings. The molecule has 6 heteroatoms. The third-order valence-electron chi connectivity index (χ3n) is 5.14. The van der Waals surface area contributed by atoms with Crippen LogP contribution in [-0.4, -0.2) is 19.7 Å². The van der Waals surface area contributed by atoms with Gasteiger partial charge >= 0.3 is 0 Å². The summed E-state index contributed by atoms with van der Waals surface area (Å²) in [5.74, 6) is 1.51. The third kappa shape index (κ3) is 2.87. The van der Waals surface area contributed by atoms with Gasteiger partial charge in [0.15, 0.2) is 5.82 Å². The summed E-state index contributed by atoms with van der Waals surface area (Å²) >= 11 is 0. The highest BCUT2D eigenvalue weighted by atomic mass is 16.5. The number of hydrogen-bond acceptors (Lipinski definition) is 5. The van der Waals surface area contributed by atoms with Crippen LogP contribution in [0.1, 0.15) is 35.6 Å². The zero-order chi connectivity index (χ0) is 18.9. The summed E-state index contributed by atoms with van der Waals surface area (Å²) in [5.41, 5.74) is 4.03. The molecule has 0 amide bonds. The number of nitriles is 1. The molecule has 0 radical (unpaired) electrons. The van der Waals surface area contributed by atoms with Gasteiger partial charge in [0.1, 0.15) is 18.2 Å². The Bertz CT molecular complexity index is 1190. The van der Waals surface area contributed by atoms with Crippen LogP contribution in [0, 0.1) is 11.3 Å². The largest absolute Gasteiger partial charge is 0.486 e. The molecule has 136 valence electrons. The maximum Gasteiger partial charge on any atom is 0.157 e. The number of rotatable bonds is 3. The Morgan fingerprint density at radius 3 is 2.96 bits per heavy atom. The summed E-state index contributed by atoms with van der Waals surface area (Å²) < 4.78 is 8.16. The van der Waals surface area contributed by atoms with Crippen LogP contribution in [0.15, 0.2) is 61.2 Å². The summed E-state index contributed by atoms with van der Waals surface area (Å²) in [6.07, 6.45) is 8.02. The number of aromatic nitrogens is 4. The molecule has 28 heavy (non-hydrogen) atoms. The number of aryl methyl sites for hydroxylation is 1. The van der Waals surface area contributed by atoms with E-state index in [2.05, 4.69) is 21.1 Å². The van der Waals surface area contributed by atoms with Crippen LogP contribution < -0.4 is 4.74 Å². The monoisotopic (exact) mass is 367 g/mol. The summed E-state index contributed by atoms with van der Waals surface area (Å²) in [7, 11) is 0. The van der Waals surface area contributed by atoms with Gasteiger partial charge in [-0.3, -0.25) is 0 Å². The zero-order valence-electron chi connectivity index (χ0n) is 15.1. The van der Waals surface area contributed by atoms with E-state index in [-0.39, 0.29) is 6.10 Å². The van der Waals surface area contributed by atoms with Crippen molar-refractivity contribution in [3.05, 3.63) is 77.9 Å². The summed E-state index contributed by atoms with van der Waals surface area (Å²) in [5, 5.41) is 14.6. The number of ether oxygens (including phenoxy) is 1. The summed E-state index contributed by atoms with van der Waals surface area (Å²) in [6.45, 7) is 0. The first-order valence-corrected chi connectivity index (χ1v) is 9.25. The molecule has 0 saturated carbocycles. The van der Waals surface area contributed by atoms with Crippen LogP contribution in [0.4, 0.5) is 0 Å². The number of nitrogens with zero attached hydrogens (tertiary/aromatic N) is 5. The number of benzene rings is 2.